The molecule has 0 amide bonds. The summed E-state index contributed by atoms with van der Waals surface area (Å²) in [7, 11) is 0. The van der Waals surface area contributed by atoms with Crippen molar-refractivity contribution in [3.63, 3.8) is 0 Å². The van der Waals surface area contributed by atoms with Crippen molar-refractivity contribution in [1.82, 2.24) is 9.55 Å². The smallest absolute Gasteiger partial charge is 0.339 e. The van der Waals surface area contributed by atoms with E-state index < -0.39 is 11.8 Å². The van der Waals surface area contributed by atoms with Gasteiger partial charge in [-0.1, -0.05) is 6.07 Å². The number of nitrogens with zero attached hydrogens (tertiary/aromatic N) is 2. The first-order valence-electron chi connectivity index (χ1n) is 5.29. The normalized spacial score (nSPS) is 10.3. The number of carboxylic acid groups (broad SMARTS) is 1. The van der Waals surface area contributed by atoms with Crippen molar-refractivity contribution in [3.8, 4) is 5.75 Å². The lowest BCUT2D eigenvalue weighted by molar-refractivity contribution is 0.0691. The van der Waals surface area contributed by atoms with E-state index in [2.05, 4.69) is 4.98 Å². The molecule has 0 aliphatic heterocycles. The zero-order chi connectivity index (χ0) is 13.0. The molecule has 0 unspecified atom stereocenters. The average Bonchev–Trinajstić information content (AvgIpc) is 2.84. The zero-order valence-corrected chi connectivity index (χ0v) is 9.41. The van der Waals surface area contributed by atoms with Crippen LogP contribution in [0.1, 0.15) is 10.4 Å². The number of carboxylic acids is 1. The quantitative estimate of drug-likeness (QED) is 0.878. The summed E-state index contributed by atoms with van der Waals surface area (Å²) in [6.45, 7) is 0.630. The number of carbonyl (C=O) groups is 1. The highest BCUT2D eigenvalue weighted by Crippen LogP contribution is 2.22. The van der Waals surface area contributed by atoms with E-state index in [1.165, 1.54) is 18.2 Å². The molecule has 0 bridgehead atoms. The third kappa shape index (κ3) is 2.65. The predicted octanol–water partition coefficient (Wildman–Crippen LogP) is 1.80. The molecule has 5 nitrogen and oxygen atoms in total. The molecule has 2 rings (SSSR count). The van der Waals surface area contributed by atoms with Crippen LogP contribution in [0.2, 0.25) is 0 Å². The topological polar surface area (TPSA) is 64.3 Å². The highest BCUT2D eigenvalue weighted by atomic mass is 19.1. The summed E-state index contributed by atoms with van der Waals surface area (Å²) < 4.78 is 20.4. The summed E-state index contributed by atoms with van der Waals surface area (Å²) in [4.78, 5) is 14.8. The first-order chi connectivity index (χ1) is 8.68. The van der Waals surface area contributed by atoms with E-state index >= 15 is 0 Å². The van der Waals surface area contributed by atoms with Crippen LogP contribution in [0.4, 0.5) is 4.39 Å². The maximum absolute atomic E-state index is 13.5. The van der Waals surface area contributed by atoms with Gasteiger partial charge in [0.25, 0.3) is 0 Å². The molecular formula is C12H11FN2O3. The van der Waals surface area contributed by atoms with Crippen molar-refractivity contribution in [3.05, 3.63) is 48.3 Å². The Bertz CT molecular complexity index is 540. The van der Waals surface area contributed by atoms with E-state index in [-0.39, 0.29) is 17.9 Å². The minimum atomic E-state index is -1.22. The number of ether oxygens (including phenoxy) is 1. The molecule has 0 atom stereocenters. The first-order valence-corrected chi connectivity index (χ1v) is 5.29. The van der Waals surface area contributed by atoms with Gasteiger partial charge < -0.3 is 14.4 Å². The lowest BCUT2D eigenvalue weighted by atomic mass is 10.2. The third-order valence-electron chi connectivity index (χ3n) is 2.35. The SMILES string of the molecule is O=C(O)c1cccc(F)c1OCCn1ccnc1. The number of hydrogen-bond acceptors (Lipinski definition) is 3. The fourth-order valence-corrected chi connectivity index (χ4v) is 1.50. The summed E-state index contributed by atoms with van der Waals surface area (Å²) in [5.41, 5.74) is -0.180. The molecule has 6 heteroatoms. The van der Waals surface area contributed by atoms with Gasteiger partial charge in [-0.05, 0) is 12.1 Å². The van der Waals surface area contributed by atoms with E-state index in [1.807, 2.05) is 0 Å². The van der Waals surface area contributed by atoms with Gasteiger partial charge >= 0.3 is 5.97 Å². The van der Waals surface area contributed by atoms with E-state index in [0.29, 0.717) is 6.54 Å². The maximum Gasteiger partial charge on any atom is 0.339 e. The Balaban J connectivity index is 2.06. The molecule has 0 spiro atoms. The van der Waals surface area contributed by atoms with Crippen molar-refractivity contribution < 1.29 is 19.0 Å². The van der Waals surface area contributed by atoms with Crippen LogP contribution < -0.4 is 4.74 Å². The summed E-state index contributed by atoms with van der Waals surface area (Å²) in [5, 5.41) is 8.91. The summed E-state index contributed by atoms with van der Waals surface area (Å²) in [6, 6.07) is 3.80. The highest BCUT2D eigenvalue weighted by molar-refractivity contribution is 5.90. The fourth-order valence-electron chi connectivity index (χ4n) is 1.50. The Morgan fingerprint density at radius 1 is 1.50 bits per heavy atom. The van der Waals surface area contributed by atoms with Crippen LogP contribution in [0.3, 0.4) is 0 Å². The van der Waals surface area contributed by atoms with Crippen molar-refractivity contribution in [2.45, 2.75) is 6.54 Å². The molecule has 0 aliphatic carbocycles. The maximum atomic E-state index is 13.5. The Morgan fingerprint density at radius 2 is 2.33 bits per heavy atom. The van der Waals surface area contributed by atoms with Gasteiger partial charge in [0.2, 0.25) is 0 Å². The molecule has 0 radical (unpaired) electrons. The molecule has 1 aromatic heterocycles. The van der Waals surface area contributed by atoms with Gasteiger partial charge in [0.15, 0.2) is 11.6 Å². The molecule has 94 valence electrons. The van der Waals surface area contributed by atoms with Crippen molar-refractivity contribution in [1.29, 1.82) is 0 Å². The van der Waals surface area contributed by atoms with Crippen LogP contribution in [-0.4, -0.2) is 27.2 Å². The van der Waals surface area contributed by atoms with Crippen molar-refractivity contribution in [2.24, 2.45) is 0 Å². The Hall–Kier alpha value is -2.37. The molecule has 18 heavy (non-hydrogen) atoms. The number of para-hydroxylation sites is 1. The molecule has 0 aliphatic rings. The number of hydrogen-bond donors (Lipinski definition) is 1. The van der Waals surface area contributed by atoms with Gasteiger partial charge in [-0.15, -0.1) is 0 Å². The van der Waals surface area contributed by atoms with Gasteiger partial charge in [-0.2, -0.15) is 0 Å². The molecule has 0 saturated heterocycles. The van der Waals surface area contributed by atoms with Crippen LogP contribution in [0.5, 0.6) is 5.75 Å². The highest BCUT2D eigenvalue weighted by Gasteiger charge is 2.15. The van der Waals surface area contributed by atoms with Gasteiger partial charge in [0, 0.05) is 12.4 Å². The minimum absolute atomic E-state index is 0.164. The first kappa shape index (κ1) is 12.1. The average molecular weight is 250 g/mol. The minimum Gasteiger partial charge on any atom is -0.488 e. The van der Waals surface area contributed by atoms with Gasteiger partial charge in [-0.25, -0.2) is 14.2 Å². The number of halogens is 1. The lowest BCUT2D eigenvalue weighted by Crippen LogP contribution is -2.10. The molecule has 1 N–H and O–H groups in total. The number of imidazole rings is 1. The van der Waals surface area contributed by atoms with Crippen LogP contribution >= 0.6 is 0 Å². The number of aromatic nitrogens is 2. The Kier molecular flexibility index (Phi) is 3.57. The molecule has 1 aromatic carbocycles. The molecule has 0 fully saturated rings. The second-order valence-electron chi connectivity index (χ2n) is 3.57. The van der Waals surface area contributed by atoms with Gasteiger partial charge in [0.05, 0.1) is 12.9 Å². The molecular weight excluding hydrogens is 239 g/mol. The van der Waals surface area contributed by atoms with Crippen LogP contribution in [0.15, 0.2) is 36.9 Å². The number of benzene rings is 1. The second kappa shape index (κ2) is 5.31. The molecule has 1 heterocycles. The third-order valence-corrected chi connectivity index (χ3v) is 2.35. The molecule has 2 aromatic rings. The predicted molar refractivity (Wildman–Crippen MR) is 61.1 cm³/mol. The van der Waals surface area contributed by atoms with Crippen LogP contribution in [0, 0.1) is 5.82 Å². The zero-order valence-electron chi connectivity index (χ0n) is 9.41. The summed E-state index contributed by atoms with van der Waals surface area (Å²) >= 11 is 0. The van der Waals surface area contributed by atoms with Crippen LogP contribution in [0.25, 0.3) is 0 Å². The Labute approximate surface area is 102 Å². The monoisotopic (exact) mass is 250 g/mol. The van der Waals surface area contributed by atoms with E-state index in [4.69, 9.17) is 9.84 Å². The number of rotatable bonds is 5. The standard InChI is InChI=1S/C12H11FN2O3/c13-10-3-1-2-9(12(16)17)11(10)18-7-6-15-5-4-14-8-15/h1-5,8H,6-7H2,(H,16,17). The summed E-state index contributed by atoms with van der Waals surface area (Å²) in [6.07, 6.45) is 4.96. The van der Waals surface area contributed by atoms with Gasteiger partial charge in [-0.3, -0.25) is 0 Å². The van der Waals surface area contributed by atoms with E-state index in [9.17, 15) is 9.18 Å². The van der Waals surface area contributed by atoms with Crippen LogP contribution in [-0.2, 0) is 6.54 Å². The fraction of sp³-hybridized carbons (Fsp3) is 0.167. The largest absolute Gasteiger partial charge is 0.488 e. The number of aromatic carboxylic acids is 1. The summed E-state index contributed by atoms with van der Waals surface area (Å²) in [5.74, 6) is -2.13. The van der Waals surface area contributed by atoms with E-state index in [1.54, 1.807) is 23.3 Å². The van der Waals surface area contributed by atoms with Crippen molar-refractivity contribution >= 4 is 5.97 Å². The lowest BCUT2D eigenvalue weighted by Gasteiger charge is -2.10. The Morgan fingerprint density at radius 3 is 3.00 bits per heavy atom. The van der Waals surface area contributed by atoms with E-state index in [0.717, 1.165) is 0 Å². The van der Waals surface area contributed by atoms with Crippen molar-refractivity contribution in [2.75, 3.05) is 6.61 Å². The molecule has 0 saturated carbocycles. The second-order valence-corrected chi connectivity index (χ2v) is 3.57. The van der Waals surface area contributed by atoms with Gasteiger partial charge in [0.1, 0.15) is 12.2 Å².